The summed E-state index contributed by atoms with van der Waals surface area (Å²) in [6.07, 6.45) is 6.62. The highest BCUT2D eigenvalue weighted by Crippen LogP contribution is 2.30. The fraction of sp³-hybridized carbons (Fsp3) is 0.333. The Labute approximate surface area is 154 Å². The van der Waals surface area contributed by atoms with Crippen LogP contribution in [-0.4, -0.2) is 32.6 Å². The maximum atomic E-state index is 6.11. The Hall–Kier alpha value is -2.50. The molecule has 0 saturated heterocycles. The summed E-state index contributed by atoms with van der Waals surface area (Å²) in [5.41, 5.74) is 4.96. The number of imidazole rings is 1. The van der Waals surface area contributed by atoms with E-state index >= 15 is 0 Å². The molecule has 5 heteroatoms. The van der Waals surface area contributed by atoms with Crippen molar-refractivity contribution in [2.24, 2.45) is 7.05 Å². The fourth-order valence-corrected chi connectivity index (χ4v) is 3.65. The van der Waals surface area contributed by atoms with Crippen LogP contribution in [0.4, 0.5) is 0 Å². The number of aromatic nitrogens is 3. The summed E-state index contributed by atoms with van der Waals surface area (Å²) in [6, 6.07) is 14.7. The molecule has 0 N–H and O–H groups in total. The summed E-state index contributed by atoms with van der Waals surface area (Å²) in [5.74, 6) is 0. The Morgan fingerprint density at radius 3 is 2.69 bits per heavy atom. The van der Waals surface area contributed by atoms with Gasteiger partial charge in [-0.15, -0.1) is 0 Å². The Morgan fingerprint density at radius 2 is 1.88 bits per heavy atom. The van der Waals surface area contributed by atoms with E-state index in [1.54, 1.807) is 0 Å². The van der Waals surface area contributed by atoms with Crippen molar-refractivity contribution in [2.45, 2.75) is 25.6 Å². The van der Waals surface area contributed by atoms with Crippen LogP contribution < -0.4 is 0 Å². The van der Waals surface area contributed by atoms with Gasteiger partial charge < -0.3 is 9.30 Å². The third-order valence-electron chi connectivity index (χ3n) is 4.98. The number of hydrogen-bond donors (Lipinski definition) is 0. The molecule has 3 heterocycles. The van der Waals surface area contributed by atoms with Crippen LogP contribution in [-0.2, 0) is 31.4 Å². The largest absolute Gasteiger partial charge is 0.375 e. The van der Waals surface area contributed by atoms with Gasteiger partial charge in [-0.05, 0) is 23.3 Å². The van der Waals surface area contributed by atoms with Crippen LogP contribution in [0.5, 0.6) is 0 Å². The highest BCUT2D eigenvalue weighted by Gasteiger charge is 2.30. The van der Waals surface area contributed by atoms with E-state index in [4.69, 9.17) is 4.74 Å². The molecule has 2 aromatic heterocycles. The zero-order valence-electron chi connectivity index (χ0n) is 15.1. The zero-order chi connectivity index (χ0) is 17.8. The lowest BCUT2D eigenvalue weighted by molar-refractivity contribution is 0.0378. The summed E-state index contributed by atoms with van der Waals surface area (Å²) >= 11 is 0. The van der Waals surface area contributed by atoms with Gasteiger partial charge in [-0.3, -0.25) is 9.88 Å². The predicted molar refractivity (Wildman–Crippen MR) is 100 cm³/mol. The number of fused-ring (bicyclic) bond motifs is 1. The van der Waals surface area contributed by atoms with E-state index in [0.29, 0.717) is 13.2 Å². The molecule has 134 valence electrons. The standard InChI is InChI=1S/C21H24N4O/c1-24-16-23-19-9-12-25(13-17-7-10-22-11-8-17)20(21(19)24)15-26-14-18-5-3-2-4-6-18/h2-8,10-11,16,20H,9,12-15H2,1H3/t20-/m1/s1. The average molecular weight is 348 g/mol. The topological polar surface area (TPSA) is 43.2 Å². The van der Waals surface area contributed by atoms with Crippen LogP contribution >= 0.6 is 0 Å². The van der Waals surface area contributed by atoms with Gasteiger partial charge in [0.1, 0.15) is 0 Å². The highest BCUT2D eigenvalue weighted by molar-refractivity contribution is 5.22. The van der Waals surface area contributed by atoms with Crippen molar-refractivity contribution in [3.8, 4) is 0 Å². The van der Waals surface area contributed by atoms with Gasteiger partial charge in [0, 0.05) is 39.0 Å². The molecule has 0 unspecified atom stereocenters. The molecule has 1 aromatic carbocycles. The minimum Gasteiger partial charge on any atom is -0.375 e. The van der Waals surface area contributed by atoms with Crippen molar-refractivity contribution in [1.82, 2.24) is 19.4 Å². The molecule has 0 fully saturated rings. The fourth-order valence-electron chi connectivity index (χ4n) is 3.65. The smallest absolute Gasteiger partial charge is 0.0949 e. The number of nitrogens with zero attached hydrogens (tertiary/aromatic N) is 4. The number of pyridine rings is 1. The first kappa shape index (κ1) is 16.9. The van der Waals surface area contributed by atoms with Gasteiger partial charge in [-0.1, -0.05) is 30.3 Å². The first-order valence-corrected chi connectivity index (χ1v) is 9.06. The maximum absolute atomic E-state index is 6.11. The third-order valence-corrected chi connectivity index (χ3v) is 4.98. The molecule has 0 amide bonds. The molecule has 5 nitrogen and oxygen atoms in total. The van der Waals surface area contributed by atoms with Crippen LogP contribution in [0.25, 0.3) is 0 Å². The molecule has 0 radical (unpaired) electrons. The molecule has 0 saturated carbocycles. The molecule has 1 atom stereocenters. The Balaban J connectivity index is 1.50. The Kier molecular flexibility index (Phi) is 5.09. The number of benzene rings is 1. The second kappa shape index (κ2) is 7.81. The molecule has 26 heavy (non-hydrogen) atoms. The molecule has 3 aromatic rings. The minimum absolute atomic E-state index is 0.211. The van der Waals surface area contributed by atoms with Crippen molar-refractivity contribution < 1.29 is 4.74 Å². The molecular weight excluding hydrogens is 324 g/mol. The molecule has 0 bridgehead atoms. The SMILES string of the molecule is Cn1cnc2c1[C@@H](COCc1ccccc1)N(Cc1ccncc1)CC2. The van der Waals surface area contributed by atoms with Crippen LogP contribution in [0.3, 0.4) is 0 Å². The lowest BCUT2D eigenvalue weighted by Gasteiger charge is -2.35. The van der Waals surface area contributed by atoms with Gasteiger partial charge >= 0.3 is 0 Å². The number of aryl methyl sites for hydroxylation is 1. The molecule has 0 aliphatic carbocycles. The van der Waals surface area contributed by atoms with Crippen LogP contribution in [0.15, 0.2) is 61.2 Å². The Bertz CT molecular complexity index is 832. The minimum atomic E-state index is 0.211. The number of ether oxygens (including phenoxy) is 1. The lowest BCUT2D eigenvalue weighted by atomic mass is 10.0. The maximum Gasteiger partial charge on any atom is 0.0949 e. The van der Waals surface area contributed by atoms with Crippen LogP contribution in [0, 0.1) is 0 Å². The van der Waals surface area contributed by atoms with E-state index in [0.717, 1.165) is 19.5 Å². The van der Waals surface area contributed by atoms with Gasteiger partial charge in [0.25, 0.3) is 0 Å². The second-order valence-electron chi connectivity index (χ2n) is 6.78. The molecule has 0 spiro atoms. The van der Waals surface area contributed by atoms with Crippen molar-refractivity contribution in [3.05, 3.63) is 83.7 Å². The van der Waals surface area contributed by atoms with Gasteiger partial charge in [0.2, 0.25) is 0 Å². The number of hydrogen-bond acceptors (Lipinski definition) is 4. The highest BCUT2D eigenvalue weighted by atomic mass is 16.5. The second-order valence-corrected chi connectivity index (χ2v) is 6.78. The summed E-state index contributed by atoms with van der Waals surface area (Å²) in [5, 5.41) is 0. The van der Waals surface area contributed by atoms with Gasteiger partial charge in [0.15, 0.2) is 0 Å². The van der Waals surface area contributed by atoms with Crippen LogP contribution in [0.2, 0.25) is 0 Å². The Morgan fingerprint density at radius 1 is 1.08 bits per heavy atom. The monoisotopic (exact) mass is 348 g/mol. The van der Waals surface area contributed by atoms with E-state index < -0.39 is 0 Å². The van der Waals surface area contributed by atoms with Gasteiger partial charge in [0.05, 0.1) is 37.0 Å². The van der Waals surface area contributed by atoms with Crippen molar-refractivity contribution in [3.63, 3.8) is 0 Å². The molecule has 4 rings (SSSR count). The van der Waals surface area contributed by atoms with E-state index in [1.807, 2.05) is 36.9 Å². The zero-order valence-corrected chi connectivity index (χ0v) is 15.1. The van der Waals surface area contributed by atoms with Crippen molar-refractivity contribution in [1.29, 1.82) is 0 Å². The quantitative estimate of drug-likeness (QED) is 0.686. The van der Waals surface area contributed by atoms with Gasteiger partial charge in [-0.2, -0.15) is 0 Å². The first-order chi connectivity index (χ1) is 12.8. The predicted octanol–water partition coefficient (Wildman–Crippen LogP) is 3.13. The average Bonchev–Trinajstić information content (AvgIpc) is 3.06. The summed E-state index contributed by atoms with van der Waals surface area (Å²) in [6.45, 7) is 3.18. The molecule has 1 aliphatic rings. The lowest BCUT2D eigenvalue weighted by Crippen LogP contribution is -2.38. The van der Waals surface area contributed by atoms with Crippen LogP contribution in [0.1, 0.15) is 28.6 Å². The summed E-state index contributed by atoms with van der Waals surface area (Å²) in [7, 11) is 2.08. The summed E-state index contributed by atoms with van der Waals surface area (Å²) in [4.78, 5) is 11.2. The normalized spacial score (nSPS) is 17.2. The van der Waals surface area contributed by atoms with Crippen molar-refractivity contribution in [2.75, 3.05) is 13.2 Å². The third kappa shape index (κ3) is 3.69. The van der Waals surface area contributed by atoms with E-state index in [9.17, 15) is 0 Å². The molecular formula is C21H24N4O. The van der Waals surface area contributed by atoms with Gasteiger partial charge in [-0.25, -0.2) is 4.98 Å². The summed E-state index contributed by atoms with van der Waals surface area (Å²) < 4.78 is 8.26. The van der Waals surface area contributed by atoms with Crippen molar-refractivity contribution >= 4 is 0 Å². The first-order valence-electron chi connectivity index (χ1n) is 9.06. The van der Waals surface area contributed by atoms with E-state index in [2.05, 4.69) is 50.7 Å². The van der Waals surface area contributed by atoms with E-state index in [1.165, 1.54) is 22.5 Å². The van der Waals surface area contributed by atoms with E-state index in [-0.39, 0.29) is 6.04 Å². The molecule has 1 aliphatic heterocycles. The number of rotatable bonds is 6.